The molecule has 0 aromatic heterocycles. The molecule has 0 spiro atoms. The van der Waals surface area contributed by atoms with Crippen LogP contribution in [0.4, 0.5) is 0 Å². The zero-order valence-corrected chi connectivity index (χ0v) is 12.4. The van der Waals surface area contributed by atoms with Crippen molar-refractivity contribution in [2.75, 3.05) is 46.1 Å². The van der Waals surface area contributed by atoms with Crippen molar-refractivity contribution in [2.45, 2.75) is 13.8 Å². The molecule has 8 nitrogen and oxygen atoms in total. The molecule has 0 rings (SSSR count). The van der Waals surface area contributed by atoms with E-state index in [-0.39, 0.29) is 32.3 Å². The Labute approximate surface area is 113 Å². The molecule has 0 aliphatic carbocycles. The van der Waals surface area contributed by atoms with E-state index in [1.54, 1.807) is 4.90 Å². The highest BCUT2D eigenvalue weighted by molar-refractivity contribution is 7.46. The summed E-state index contributed by atoms with van der Waals surface area (Å²) in [5, 5.41) is 25.5. The smallest absolute Gasteiger partial charge is 0.395 e. The summed E-state index contributed by atoms with van der Waals surface area (Å²) in [6.07, 6.45) is 0. The fourth-order valence-electron chi connectivity index (χ4n) is 1.01. The molecule has 0 amide bonds. The molecule has 0 saturated heterocycles. The van der Waals surface area contributed by atoms with Crippen molar-refractivity contribution in [3.63, 3.8) is 0 Å². The van der Waals surface area contributed by atoms with E-state index >= 15 is 0 Å². The SMILES string of the molecule is CC(C)COP(=O)(O)O.OCCN(CCO)CCO. The van der Waals surface area contributed by atoms with Crippen LogP contribution in [0.15, 0.2) is 0 Å². The van der Waals surface area contributed by atoms with Crippen LogP contribution in [-0.2, 0) is 9.09 Å². The van der Waals surface area contributed by atoms with Gasteiger partial charge in [0.05, 0.1) is 26.4 Å². The zero-order chi connectivity index (χ0) is 15.3. The number of nitrogens with zero attached hydrogens (tertiary/aromatic N) is 1. The Balaban J connectivity index is 0. The monoisotopic (exact) mass is 303 g/mol. The minimum atomic E-state index is -4.22. The minimum Gasteiger partial charge on any atom is -0.395 e. The van der Waals surface area contributed by atoms with Crippen molar-refractivity contribution in [2.24, 2.45) is 5.92 Å². The van der Waals surface area contributed by atoms with Crippen LogP contribution >= 0.6 is 7.82 Å². The molecule has 0 fully saturated rings. The lowest BCUT2D eigenvalue weighted by Crippen LogP contribution is -2.32. The normalized spacial score (nSPS) is 11.6. The van der Waals surface area contributed by atoms with Gasteiger partial charge in [-0.3, -0.25) is 9.42 Å². The topological polar surface area (TPSA) is 131 Å². The number of phosphoric acid groups is 1. The number of phosphoric ester groups is 1. The first-order valence-electron chi connectivity index (χ1n) is 6.01. The minimum absolute atomic E-state index is 0.0694. The molecule has 0 saturated carbocycles. The van der Waals surface area contributed by atoms with Crippen LogP contribution in [-0.4, -0.2) is 76.1 Å². The van der Waals surface area contributed by atoms with Gasteiger partial charge in [0.15, 0.2) is 0 Å². The van der Waals surface area contributed by atoms with Crippen molar-refractivity contribution < 1.29 is 34.2 Å². The predicted molar refractivity (Wildman–Crippen MR) is 70.5 cm³/mol. The zero-order valence-electron chi connectivity index (χ0n) is 11.5. The van der Waals surface area contributed by atoms with Gasteiger partial charge >= 0.3 is 7.82 Å². The number of aliphatic hydroxyl groups is 3. The predicted octanol–water partition coefficient (Wildman–Crippen LogP) is -0.983. The van der Waals surface area contributed by atoms with Gasteiger partial charge in [0.25, 0.3) is 0 Å². The van der Waals surface area contributed by atoms with Crippen LogP contribution in [0.25, 0.3) is 0 Å². The van der Waals surface area contributed by atoms with Gasteiger partial charge < -0.3 is 25.1 Å². The summed E-state index contributed by atoms with van der Waals surface area (Å²) < 4.78 is 14.2. The summed E-state index contributed by atoms with van der Waals surface area (Å²) in [6.45, 7) is 5.49. The fourth-order valence-corrected chi connectivity index (χ4v) is 1.50. The fraction of sp³-hybridized carbons (Fsp3) is 1.00. The molecule has 5 N–H and O–H groups in total. The van der Waals surface area contributed by atoms with E-state index in [9.17, 15) is 4.57 Å². The molecule has 0 aliphatic rings. The molecule has 0 bridgehead atoms. The maximum Gasteiger partial charge on any atom is 0.469 e. The Morgan fingerprint density at radius 2 is 1.37 bits per heavy atom. The second-order valence-electron chi connectivity index (χ2n) is 4.19. The average molecular weight is 303 g/mol. The largest absolute Gasteiger partial charge is 0.469 e. The highest BCUT2D eigenvalue weighted by Crippen LogP contribution is 2.35. The van der Waals surface area contributed by atoms with Crippen molar-refractivity contribution in [1.29, 1.82) is 0 Å². The van der Waals surface area contributed by atoms with Crippen LogP contribution < -0.4 is 0 Å². The molecule has 0 heterocycles. The second kappa shape index (κ2) is 13.0. The van der Waals surface area contributed by atoms with Crippen LogP contribution in [0.2, 0.25) is 0 Å². The van der Waals surface area contributed by atoms with E-state index in [4.69, 9.17) is 25.1 Å². The summed E-state index contributed by atoms with van der Waals surface area (Å²) in [5.74, 6) is 0.151. The molecule has 19 heavy (non-hydrogen) atoms. The molecule has 0 aliphatic heterocycles. The molecule has 0 radical (unpaired) electrons. The van der Waals surface area contributed by atoms with Gasteiger partial charge in [-0.25, -0.2) is 4.57 Å². The number of hydrogen-bond donors (Lipinski definition) is 5. The molecular weight excluding hydrogens is 277 g/mol. The quantitative estimate of drug-likeness (QED) is 0.343. The summed E-state index contributed by atoms with van der Waals surface area (Å²) >= 11 is 0. The van der Waals surface area contributed by atoms with Crippen LogP contribution in [0, 0.1) is 5.92 Å². The first kappa shape index (κ1) is 21.3. The molecular formula is C10H26NO7P. The van der Waals surface area contributed by atoms with Gasteiger partial charge in [-0.1, -0.05) is 13.8 Å². The number of rotatable bonds is 9. The van der Waals surface area contributed by atoms with Crippen LogP contribution in [0.3, 0.4) is 0 Å². The Morgan fingerprint density at radius 1 is 1.00 bits per heavy atom. The van der Waals surface area contributed by atoms with Crippen molar-refractivity contribution in [3.05, 3.63) is 0 Å². The van der Waals surface area contributed by atoms with Gasteiger partial charge in [0.1, 0.15) is 0 Å². The maximum absolute atomic E-state index is 10.0. The number of aliphatic hydroxyl groups excluding tert-OH is 3. The van der Waals surface area contributed by atoms with Crippen LogP contribution in [0.5, 0.6) is 0 Å². The highest BCUT2D eigenvalue weighted by atomic mass is 31.2. The van der Waals surface area contributed by atoms with E-state index in [0.29, 0.717) is 19.6 Å². The molecule has 0 unspecified atom stereocenters. The van der Waals surface area contributed by atoms with E-state index < -0.39 is 7.82 Å². The second-order valence-corrected chi connectivity index (χ2v) is 5.43. The maximum atomic E-state index is 10.0. The summed E-state index contributed by atoms with van der Waals surface area (Å²) in [6, 6.07) is 0. The lowest BCUT2D eigenvalue weighted by molar-refractivity contribution is 0.136. The van der Waals surface area contributed by atoms with Gasteiger partial charge in [0.2, 0.25) is 0 Å². The first-order chi connectivity index (χ1) is 8.76. The van der Waals surface area contributed by atoms with Gasteiger partial charge in [-0.05, 0) is 5.92 Å². The molecule has 9 heteroatoms. The van der Waals surface area contributed by atoms with Crippen molar-refractivity contribution >= 4 is 7.82 Å². The van der Waals surface area contributed by atoms with Crippen LogP contribution in [0.1, 0.15) is 13.8 Å². The Morgan fingerprint density at radius 3 is 1.53 bits per heavy atom. The van der Waals surface area contributed by atoms with E-state index in [1.807, 2.05) is 13.8 Å². The Hall–Kier alpha value is -0.0500. The van der Waals surface area contributed by atoms with Crippen molar-refractivity contribution in [3.8, 4) is 0 Å². The Kier molecular flexibility index (Phi) is 14.5. The third-order valence-corrected chi connectivity index (χ3v) is 2.31. The molecule has 0 atom stereocenters. The summed E-state index contributed by atoms with van der Waals surface area (Å²) in [5.41, 5.74) is 0. The van der Waals surface area contributed by atoms with E-state index in [1.165, 1.54) is 0 Å². The van der Waals surface area contributed by atoms with Crippen molar-refractivity contribution in [1.82, 2.24) is 4.90 Å². The lowest BCUT2D eigenvalue weighted by Gasteiger charge is -2.17. The standard InChI is InChI=1S/C6H15NO3.C4H11O4P/c8-4-1-7(2-5-9)3-6-10;1-4(2)3-8-9(5,6)7/h8-10H,1-6H2;4H,3H2,1-2H3,(H2,5,6,7). The van der Waals surface area contributed by atoms with E-state index in [2.05, 4.69) is 4.52 Å². The number of hydrogen-bond acceptors (Lipinski definition) is 6. The van der Waals surface area contributed by atoms with E-state index in [0.717, 1.165) is 0 Å². The lowest BCUT2D eigenvalue weighted by atomic mass is 10.2. The molecule has 0 aromatic carbocycles. The summed E-state index contributed by atoms with van der Waals surface area (Å²) in [4.78, 5) is 18.1. The molecule has 0 aromatic rings. The average Bonchev–Trinajstić information content (AvgIpc) is 2.27. The summed E-state index contributed by atoms with van der Waals surface area (Å²) in [7, 11) is -4.22. The van der Waals surface area contributed by atoms with Gasteiger partial charge in [-0.2, -0.15) is 0 Å². The Bertz CT molecular complexity index is 220. The molecule has 118 valence electrons. The van der Waals surface area contributed by atoms with Gasteiger partial charge in [0, 0.05) is 19.6 Å². The third kappa shape index (κ3) is 20.4. The highest BCUT2D eigenvalue weighted by Gasteiger charge is 2.13. The first-order valence-corrected chi connectivity index (χ1v) is 7.54. The van der Waals surface area contributed by atoms with Gasteiger partial charge in [-0.15, -0.1) is 0 Å². The third-order valence-electron chi connectivity index (χ3n) is 1.82.